The van der Waals surface area contributed by atoms with Crippen LogP contribution < -0.4 is 0 Å². The normalized spacial score (nSPS) is 42.0. The number of allylic oxidation sites excluding steroid dienone is 4. The van der Waals surface area contributed by atoms with Gasteiger partial charge >= 0.3 is 5.97 Å². The van der Waals surface area contributed by atoms with Gasteiger partial charge < -0.3 is 14.9 Å². The molecule has 0 aliphatic heterocycles. The van der Waals surface area contributed by atoms with Gasteiger partial charge in [0.2, 0.25) is 5.12 Å². The Morgan fingerprint density at radius 1 is 1.20 bits per heavy atom. The first-order chi connectivity index (χ1) is 18.8. The minimum absolute atomic E-state index is 0.0158. The van der Waals surface area contributed by atoms with Gasteiger partial charge in [-0.15, -0.1) is 0 Å². The van der Waals surface area contributed by atoms with Crippen LogP contribution in [0.2, 0.25) is 0 Å². The SMILES string of the molecule is C[C@@H]1C[C@H]2[C@@H]3C[C@H](F)C4=CC(=O)C=C[C@]4(C)[C@@]3(F)[C@@H](O)C[C@]2(C)[C@@]1(OC(=O)c1cccc(CO)c1)C(=O)SCF. The first kappa shape index (κ1) is 29.1. The van der Waals surface area contributed by atoms with Crippen LogP contribution in [-0.4, -0.2) is 56.6 Å². The van der Waals surface area contributed by atoms with Crippen molar-refractivity contribution in [1.29, 1.82) is 0 Å². The molecule has 0 amide bonds. The fraction of sp³-hybridized carbons (Fsp3) is 0.567. The quantitative estimate of drug-likeness (QED) is 0.483. The third-order valence-electron chi connectivity index (χ3n) is 10.3. The number of carbonyl (C=O) groups is 3. The average Bonchev–Trinajstić information content (AvgIpc) is 3.13. The van der Waals surface area contributed by atoms with Crippen LogP contribution in [0.1, 0.15) is 56.0 Å². The van der Waals surface area contributed by atoms with Gasteiger partial charge in [0.1, 0.15) is 12.2 Å². The molecule has 0 radical (unpaired) electrons. The zero-order chi connectivity index (χ0) is 29.3. The average molecular weight is 579 g/mol. The number of esters is 1. The van der Waals surface area contributed by atoms with E-state index in [0.717, 1.165) is 6.08 Å². The molecule has 1 aromatic carbocycles. The Morgan fingerprint density at radius 2 is 1.93 bits per heavy atom. The van der Waals surface area contributed by atoms with Gasteiger partial charge in [0, 0.05) is 22.7 Å². The number of aliphatic hydroxyl groups excluding tert-OH is 2. The lowest BCUT2D eigenvalue weighted by Gasteiger charge is -2.63. The zero-order valence-corrected chi connectivity index (χ0v) is 23.3. The Labute approximate surface area is 235 Å². The van der Waals surface area contributed by atoms with Crippen molar-refractivity contribution < 1.29 is 42.5 Å². The van der Waals surface area contributed by atoms with Crippen LogP contribution in [0, 0.1) is 28.6 Å². The minimum Gasteiger partial charge on any atom is -0.446 e. The van der Waals surface area contributed by atoms with Crippen molar-refractivity contribution in [2.75, 3.05) is 6.01 Å². The highest BCUT2D eigenvalue weighted by atomic mass is 32.2. The summed E-state index contributed by atoms with van der Waals surface area (Å²) in [7, 11) is 0. The molecule has 0 unspecified atom stereocenters. The number of hydrogen-bond donors (Lipinski definition) is 2. The van der Waals surface area contributed by atoms with E-state index in [1.54, 1.807) is 26.0 Å². The highest BCUT2D eigenvalue weighted by Crippen LogP contribution is 2.72. The van der Waals surface area contributed by atoms with Crippen LogP contribution in [-0.2, 0) is 20.9 Å². The smallest absolute Gasteiger partial charge is 0.339 e. The van der Waals surface area contributed by atoms with Gasteiger partial charge in [-0.25, -0.2) is 18.0 Å². The number of hydrogen-bond acceptors (Lipinski definition) is 7. The Kier molecular flexibility index (Phi) is 7.15. The van der Waals surface area contributed by atoms with Crippen molar-refractivity contribution in [3.8, 4) is 0 Å². The summed E-state index contributed by atoms with van der Waals surface area (Å²) in [6, 6.07) is 4.96. The fourth-order valence-electron chi connectivity index (χ4n) is 8.38. The van der Waals surface area contributed by atoms with Crippen LogP contribution in [0.25, 0.3) is 0 Å². The monoisotopic (exact) mass is 578 g/mol. The van der Waals surface area contributed by atoms with Gasteiger partial charge in [-0.1, -0.05) is 32.1 Å². The number of ether oxygens (including phenoxy) is 1. The van der Waals surface area contributed by atoms with Gasteiger partial charge in [-0.2, -0.15) is 0 Å². The largest absolute Gasteiger partial charge is 0.446 e. The summed E-state index contributed by atoms with van der Waals surface area (Å²) < 4.78 is 52.9. The number of fused-ring (bicyclic) bond motifs is 5. The standard InChI is InChI=1S/C30H33F3O6S/c1-16-9-20-21-12-23(32)22-11-19(35)7-8-27(22,2)29(21,33)24(36)13-28(20,3)30(16,26(38)40-15-31)39-25(37)18-6-4-5-17(10-18)14-34/h4-8,10-11,16,20-21,23-24,34,36H,9,12-15H2,1-3H3/t16-,20+,21+,23+,24+,27+,28+,29+,30+/m1/s1. The van der Waals surface area contributed by atoms with E-state index in [4.69, 9.17) is 4.74 Å². The van der Waals surface area contributed by atoms with E-state index < -0.39 is 75.0 Å². The molecule has 4 aliphatic rings. The lowest BCUT2D eigenvalue weighted by Crippen LogP contribution is -2.70. The number of thioether (sulfide) groups is 1. The molecule has 4 aliphatic carbocycles. The Morgan fingerprint density at radius 3 is 2.60 bits per heavy atom. The molecular formula is C30H33F3O6S. The summed E-state index contributed by atoms with van der Waals surface area (Å²) in [6.07, 6.45) is -0.199. The van der Waals surface area contributed by atoms with E-state index in [1.807, 2.05) is 0 Å². The second-order valence-electron chi connectivity index (χ2n) is 12.0. The van der Waals surface area contributed by atoms with Gasteiger partial charge in [-0.3, -0.25) is 9.59 Å². The molecule has 0 saturated heterocycles. The Balaban J connectivity index is 1.62. The van der Waals surface area contributed by atoms with Crippen molar-refractivity contribution in [3.63, 3.8) is 0 Å². The van der Waals surface area contributed by atoms with Gasteiger partial charge in [0.05, 0.1) is 18.3 Å². The molecule has 6 nitrogen and oxygen atoms in total. The zero-order valence-electron chi connectivity index (χ0n) is 22.5. The summed E-state index contributed by atoms with van der Waals surface area (Å²) in [5.41, 5.74) is -6.77. The molecule has 0 aromatic heterocycles. The van der Waals surface area contributed by atoms with Crippen molar-refractivity contribution in [3.05, 3.63) is 59.2 Å². The van der Waals surface area contributed by atoms with E-state index in [1.165, 1.54) is 31.2 Å². The molecule has 40 heavy (non-hydrogen) atoms. The predicted octanol–water partition coefficient (Wildman–Crippen LogP) is 4.83. The number of halogens is 3. The van der Waals surface area contributed by atoms with Crippen LogP contribution in [0.3, 0.4) is 0 Å². The first-order valence-corrected chi connectivity index (χ1v) is 14.4. The van der Waals surface area contributed by atoms with Crippen LogP contribution in [0.5, 0.6) is 0 Å². The van der Waals surface area contributed by atoms with Crippen molar-refractivity contribution >= 4 is 28.6 Å². The molecule has 1 aromatic rings. The van der Waals surface area contributed by atoms with Crippen LogP contribution in [0.4, 0.5) is 13.2 Å². The third kappa shape index (κ3) is 3.74. The maximum Gasteiger partial charge on any atom is 0.339 e. The topological polar surface area (TPSA) is 101 Å². The Hall–Kier alpha value is -2.43. The molecular weight excluding hydrogens is 545 g/mol. The van der Waals surface area contributed by atoms with E-state index >= 15 is 8.78 Å². The first-order valence-electron chi connectivity index (χ1n) is 13.4. The summed E-state index contributed by atoms with van der Waals surface area (Å²) in [5, 5.41) is 20.3. The van der Waals surface area contributed by atoms with E-state index in [2.05, 4.69) is 0 Å². The van der Waals surface area contributed by atoms with E-state index in [0.29, 0.717) is 17.3 Å². The fourth-order valence-corrected chi connectivity index (χ4v) is 9.17. The van der Waals surface area contributed by atoms with Gasteiger partial charge in [0.15, 0.2) is 17.1 Å². The summed E-state index contributed by atoms with van der Waals surface area (Å²) >= 11 is 0.348. The van der Waals surface area contributed by atoms with Crippen molar-refractivity contribution in [1.82, 2.24) is 0 Å². The number of alkyl halides is 3. The maximum absolute atomic E-state index is 17.5. The lowest BCUT2D eigenvalue weighted by atomic mass is 9.44. The molecule has 0 heterocycles. The van der Waals surface area contributed by atoms with Crippen molar-refractivity contribution in [2.24, 2.45) is 28.6 Å². The van der Waals surface area contributed by atoms with E-state index in [9.17, 15) is 29.0 Å². The number of carbonyl (C=O) groups excluding carboxylic acids is 3. The molecule has 9 atom stereocenters. The van der Waals surface area contributed by atoms with E-state index in [-0.39, 0.29) is 37.0 Å². The second-order valence-corrected chi connectivity index (χ2v) is 12.9. The molecule has 2 N–H and O–H groups in total. The number of rotatable bonds is 5. The summed E-state index contributed by atoms with van der Waals surface area (Å²) in [4.78, 5) is 39.3. The summed E-state index contributed by atoms with van der Waals surface area (Å²) in [5.74, 6) is -3.83. The highest BCUT2D eigenvalue weighted by Gasteiger charge is 2.78. The molecule has 3 saturated carbocycles. The van der Waals surface area contributed by atoms with Crippen LogP contribution in [0.15, 0.2) is 48.1 Å². The van der Waals surface area contributed by atoms with Crippen molar-refractivity contribution in [2.45, 2.75) is 70.2 Å². The number of ketones is 1. The number of aliphatic hydroxyl groups is 2. The maximum atomic E-state index is 17.5. The predicted molar refractivity (Wildman–Crippen MR) is 142 cm³/mol. The molecule has 0 bridgehead atoms. The highest BCUT2D eigenvalue weighted by molar-refractivity contribution is 8.13. The van der Waals surface area contributed by atoms with Gasteiger partial charge in [-0.05, 0) is 79.3 Å². The summed E-state index contributed by atoms with van der Waals surface area (Å²) in [6.45, 7) is 4.46. The molecule has 5 rings (SSSR count). The molecule has 3 fully saturated rings. The van der Waals surface area contributed by atoms with Gasteiger partial charge in [0.25, 0.3) is 0 Å². The number of benzene rings is 1. The third-order valence-corrected chi connectivity index (χ3v) is 10.9. The lowest BCUT2D eigenvalue weighted by molar-refractivity contribution is -0.221. The van der Waals surface area contributed by atoms with Crippen LogP contribution >= 0.6 is 11.8 Å². The minimum atomic E-state index is -2.37. The molecule has 0 spiro atoms. The second kappa shape index (κ2) is 9.84. The molecule has 216 valence electrons. The molecule has 10 heteroatoms. The Bertz CT molecular complexity index is 1320.